The molecule has 0 aromatic heterocycles. The van der Waals surface area contributed by atoms with Crippen LogP contribution in [0.25, 0.3) is 5.57 Å². The van der Waals surface area contributed by atoms with Crippen molar-refractivity contribution >= 4 is 11.4 Å². The Hall–Kier alpha value is -2.69. The van der Waals surface area contributed by atoms with Crippen LogP contribution in [0.15, 0.2) is 60.4 Å². The molecule has 3 aliphatic rings. The van der Waals surface area contributed by atoms with E-state index in [4.69, 9.17) is 4.74 Å². The Balaban J connectivity index is 1.68. The Kier molecular flexibility index (Phi) is 4.68. The summed E-state index contributed by atoms with van der Waals surface area (Å²) in [6, 6.07) is 14.1. The van der Waals surface area contributed by atoms with E-state index >= 15 is 0 Å². The van der Waals surface area contributed by atoms with Gasteiger partial charge in [-0.1, -0.05) is 60.2 Å². The monoisotopic (exact) mass is 416 g/mol. The normalized spacial score (nSPS) is 30.9. The minimum absolute atomic E-state index is 0.0202. The average Bonchev–Trinajstić information content (AvgIpc) is 3.31. The largest absolute Gasteiger partial charge is 0.492 e. The predicted molar refractivity (Wildman–Crippen MR) is 119 cm³/mol. The number of hydrogen-bond acceptors (Lipinski definition) is 4. The highest BCUT2D eigenvalue weighted by atomic mass is 16.5. The number of carbonyl (C=O) groups is 1. The third-order valence-electron chi connectivity index (χ3n) is 7.41. The molecule has 0 spiro atoms. The Labute approximate surface area is 182 Å². The molecule has 0 saturated heterocycles. The maximum Gasteiger partial charge on any atom is 0.171 e. The minimum atomic E-state index is -0.870. The fraction of sp³-hybridized carbons (Fsp3) is 0.370. The van der Waals surface area contributed by atoms with Gasteiger partial charge in [-0.2, -0.15) is 0 Å². The summed E-state index contributed by atoms with van der Waals surface area (Å²) in [6.45, 7) is 6.24. The second-order valence-corrected chi connectivity index (χ2v) is 9.31. The Bertz CT molecular complexity index is 1090. The van der Waals surface area contributed by atoms with Crippen LogP contribution >= 0.6 is 0 Å². The van der Waals surface area contributed by atoms with Gasteiger partial charge in [-0.25, -0.2) is 0 Å². The number of fused-ring (bicyclic) bond motifs is 5. The summed E-state index contributed by atoms with van der Waals surface area (Å²) in [5.74, 6) is -0.397. The summed E-state index contributed by atoms with van der Waals surface area (Å²) in [4.78, 5) is 13.8. The highest BCUT2D eigenvalue weighted by Gasteiger charge is 2.68. The summed E-state index contributed by atoms with van der Waals surface area (Å²) < 4.78 is 6.41. The van der Waals surface area contributed by atoms with Gasteiger partial charge >= 0.3 is 0 Å². The van der Waals surface area contributed by atoms with Gasteiger partial charge in [0.15, 0.2) is 5.78 Å². The number of hydrogen-bond donors (Lipinski definition) is 2. The molecule has 2 bridgehead atoms. The lowest BCUT2D eigenvalue weighted by molar-refractivity contribution is -0.118. The molecule has 4 heteroatoms. The molecule has 2 aromatic rings. The lowest BCUT2D eigenvalue weighted by Crippen LogP contribution is -2.38. The van der Waals surface area contributed by atoms with Crippen LogP contribution in [0.2, 0.25) is 0 Å². The third-order valence-corrected chi connectivity index (χ3v) is 7.41. The van der Waals surface area contributed by atoms with Gasteiger partial charge in [0, 0.05) is 23.2 Å². The summed E-state index contributed by atoms with van der Waals surface area (Å²) in [7, 11) is 0. The van der Waals surface area contributed by atoms with Crippen molar-refractivity contribution in [1.82, 2.24) is 0 Å². The molecule has 1 saturated carbocycles. The molecule has 1 fully saturated rings. The van der Waals surface area contributed by atoms with E-state index in [-0.39, 0.29) is 24.2 Å². The number of aliphatic hydroxyl groups excluding tert-OH is 2. The Morgan fingerprint density at radius 2 is 1.74 bits per heavy atom. The van der Waals surface area contributed by atoms with Gasteiger partial charge in [0.2, 0.25) is 0 Å². The van der Waals surface area contributed by atoms with Gasteiger partial charge in [0.25, 0.3) is 0 Å². The molecule has 5 unspecified atom stereocenters. The van der Waals surface area contributed by atoms with E-state index < -0.39 is 17.4 Å². The van der Waals surface area contributed by atoms with E-state index in [0.717, 1.165) is 27.8 Å². The first-order valence-electron chi connectivity index (χ1n) is 10.9. The zero-order valence-corrected chi connectivity index (χ0v) is 18.1. The van der Waals surface area contributed by atoms with Crippen molar-refractivity contribution < 1.29 is 19.7 Å². The first kappa shape index (κ1) is 20.2. The van der Waals surface area contributed by atoms with Crippen LogP contribution in [0.5, 0.6) is 0 Å². The molecular formula is C27H28O4. The van der Waals surface area contributed by atoms with E-state index in [9.17, 15) is 15.0 Å². The molecule has 4 nitrogen and oxygen atoms in total. The van der Waals surface area contributed by atoms with E-state index in [0.29, 0.717) is 17.9 Å². The topological polar surface area (TPSA) is 66.8 Å². The van der Waals surface area contributed by atoms with Crippen molar-refractivity contribution in [2.75, 3.05) is 6.61 Å². The first-order chi connectivity index (χ1) is 14.9. The lowest BCUT2D eigenvalue weighted by Gasteiger charge is -2.33. The number of rotatable bonds is 5. The van der Waals surface area contributed by atoms with Crippen molar-refractivity contribution in [2.24, 2.45) is 23.2 Å². The van der Waals surface area contributed by atoms with Gasteiger partial charge in [-0.05, 0) is 43.0 Å². The first-order valence-corrected chi connectivity index (χ1v) is 10.9. The molecular weight excluding hydrogens is 388 g/mol. The second kappa shape index (κ2) is 7.18. The molecule has 5 rings (SSSR count). The smallest absolute Gasteiger partial charge is 0.171 e. The maximum atomic E-state index is 13.8. The maximum absolute atomic E-state index is 13.8. The summed E-state index contributed by atoms with van der Waals surface area (Å²) in [5, 5.41) is 21.3. The number of allylic oxidation sites excluding steroid dienone is 2. The molecule has 160 valence electrons. The number of carbonyl (C=O) groups excluding carboxylic acids is 1. The molecule has 0 aliphatic heterocycles. The lowest BCUT2D eigenvalue weighted by atomic mass is 9.74. The Morgan fingerprint density at radius 1 is 1.06 bits per heavy atom. The molecule has 31 heavy (non-hydrogen) atoms. The van der Waals surface area contributed by atoms with Gasteiger partial charge in [-0.15, -0.1) is 0 Å². The van der Waals surface area contributed by atoms with Crippen LogP contribution in [-0.4, -0.2) is 28.7 Å². The number of ketones is 1. The third kappa shape index (κ3) is 2.78. The van der Waals surface area contributed by atoms with Crippen molar-refractivity contribution in [3.63, 3.8) is 0 Å². The van der Waals surface area contributed by atoms with Crippen LogP contribution in [0.3, 0.4) is 0 Å². The van der Waals surface area contributed by atoms with Crippen molar-refractivity contribution in [2.45, 2.75) is 33.5 Å². The Morgan fingerprint density at radius 3 is 2.39 bits per heavy atom. The van der Waals surface area contributed by atoms with E-state index in [1.807, 2.05) is 56.3 Å². The summed E-state index contributed by atoms with van der Waals surface area (Å²) in [6.07, 6.45) is 3.04. The van der Waals surface area contributed by atoms with Crippen LogP contribution in [0, 0.1) is 43.9 Å². The number of ether oxygens (including phenoxy) is 1. The van der Waals surface area contributed by atoms with E-state index in [1.54, 1.807) is 0 Å². The number of aryl methyl sites for hydroxylation is 3. The van der Waals surface area contributed by atoms with Crippen LogP contribution in [-0.2, 0) is 16.1 Å². The molecule has 2 aromatic carbocycles. The van der Waals surface area contributed by atoms with Gasteiger partial charge in [-0.3, -0.25) is 4.79 Å². The fourth-order valence-electron chi connectivity index (χ4n) is 6.15. The molecule has 2 N–H and O–H groups in total. The minimum Gasteiger partial charge on any atom is -0.492 e. The van der Waals surface area contributed by atoms with E-state index in [2.05, 4.69) is 19.1 Å². The fourth-order valence-corrected chi connectivity index (χ4v) is 6.15. The number of aliphatic hydroxyl groups is 2. The molecule has 3 aliphatic carbocycles. The van der Waals surface area contributed by atoms with Crippen LogP contribution < -0.4 is 0 Å². The van der Waals surface area contributed by atoms with Crippen molar-refractivity contribution in [1.29, 1.82) is 0 Å². The zero-order chi connectivity index (χ0) is 21.9. The summed E-state index contributed by atoms with van der Waals surface area (Å²) >= 11 is 0. The molecule has 0 radical (unpaired) electrons. The number of benzene rings is 2. The standard InChI is InChI=1S/C27H28O4/c1-15-11-16(2)20(17(3)12-15)22-24(29)21-19-9-10-27(14-28,26(19)30)23(21)25(22)31-13-18-7-5-4-6-8-18/h4-12,19,21,23,26,28,30H,13-14H2,1-3H3. The quantitative estimate of drug-likeness (QED) is 0.726. The van der Waals surface area contributed by atoms with Crippen LogP contribution in [0.1, 0.15) is 27.8 Å². The predicted octanol–water partition coefficient (Wildman–Crippen LogP) is 3.89. The zero-order valence-electron chi connectivity index (χ0n) is 18.1. The second-order valence-electron chi connectivity index (χ2n) is 9.31. The highest BCUT2D eigenvalue weighted by molar-refractivity contribution is 6.26. The SMILES string of the molecule is Cc1cc(C)c(C2=C(OCc3ccccc3)C3C(C2=O)C2C=CC3(CO)C2O)c(C)c1. The van der Waals surface area contributed by atoms with Gasteiger partial charge < -0.3 is 14.9 Å². The highest BCUT2D eigenvalue weighted by Crippen LogP contribution is 2.64. The van der Waals surface area contributed by atoms with Gasteiger partial charge in [0.05, 0.1) is 18.3 Å². The van der Waals surface area contributed by atoms with Crippen LogP contribution in [0.4, 0.5) is 0 Å². The average molecular weight is 417 g/mol. The van der Waals surface area contributed by atoms with Crippen molar-refractivity contribution in [3.8, 4) is 0 Å². The van der Waals surface area contributed by atoms with Gasteiger partial charge in [0.1, 0.15) is 12.4 Å². The molecule has 0 amide bonds. The number of Topliss-reactive ketones (excluding diaryl/α,β-unsaturated/α-hetero) is 1. The molecule has 5 atom stereocenters. The summed E-state index contributed by atoms with van der Waals surface area (Å²) in [5.41, 5.74) is 4.93. The molecule has 0 heterocycles. The van der Waals surface area contributed by atoms with E-state index in [1.165, 1.54) is 0 Å². The van der Waals surface area contributed by atoms with Crippen molar-refractivity contribution in [3.05, 3.63) is 88.2 Å².